The van der Waals surface area contributed by atoms with Crippen molar-refractivity contribution in [1.82, 2.24) is 25.4 Å². The van der Waals surface area contributed by atoms with Crippen LogP contribution in [0.5, 0.6) is 0 Å². The summed E-state index contributed by atoms with van der Waals surface area (Å²) in [6.07, 6.45) is 4.43. The number of aromatic amines is 1. The number of unbranched alkanes of at least 4 members (excludes halogenated alkanes) is 2. The molecule has 6 nitrogen and oxygen atoms in total. The SMILES string of the molecule is CCCCN(CCCC)N(CC)C(=O)c1ccc2[nH]nnc2c1. The van der Waals surface area contributed by atoms with Gasteiger partial charge < -0.3 is 0 Å². The van der Waals surface area contributed by atoms with Crippen LogP contribution in [-0.4, -0.2) is 51.0 Å². The molecule has 0 saturated carbocycles. The number of H-pyrrole nitrogens is 1. The molecule has 23 heavy (non-hydrogen) atoms. The first-order valence-corrected chi connectivity index (χ1v) is 8.58. The monoisotopic (exact) mass is 317 g/mol. The van der Waals surface area contributed by atoms with Crippen LogP contribution in [-0.2, 0) is 0 Å². The highest BCUT2D eigenvalue weighted by molar-refractivity contribution is 5.96. The highest BCUT2D eigenvalue weighted by Crippen LogP contribution is 2.15. The number of nitrogens with zero attached hydrogens (tertiary/aromatic N) is 4. The van der Waals surface area contributed by atoms with Crippen molar-refractivity contribution in [3.05, 3.63) is 23.8 Å². The molecule has 0 spiro atoms. The summed E-state index contributed by atoms with van der Waals surface area (Å²) in [5.41, 5.74) is 2.23. The summed E-state index contributed by atoms with van der Waals surface area (Å²) in [7, 11) is 0. The molecular formula is C17H27N5O. The van der Waals surface area contributed by atoms with E-state index in [9.17, 15) is 4.79 Å². The minimum absolute atomic E-state index is 0.0320. The van der Waals surface area contributed by atoms with Crippen molar-refractivity contribution in [3.8, 4) is 0 Å². The van der Waals surface area contributed by atoms with Crippen LogP contribution in [0.25, 0.3) is 11.0 Å². The Morgan fingerprint density at radius 1 is 1.13 bits per heavy atom. The summed E-state index contributed by atoms with van der Waals surface area (Å²) in [6, 6.07) is 5.51. The topological polar surface area (TPSA) is 65.1 Å². The highest BCUT2D eigenvalue weighted by atomic mass is 16.2. The molecule has 1 aromatic heterocycles. The summed E-state index contributed by atoms with van der Waals surface area (Å²) >= 11 is 0. The van der Waals surface area contributed by atoms with Crippen LogP contribution in [0.1, 0.15) is 56.8 Å². The zero-order chi connectivity index (χ0) is 16.7. The Morgan fingerprint density at radius 3 is 2.43 bits per heavy atom. The molecule has 126 valence electrons. The minimum atomic E-state index is 0.0320. The second-order valence-electron chi connectivity index (χ2n) is 5.73. The summed E-state index contributed by atoms with van der Waals surface area (Å²) in [4.78, 5) is 12.9. The zero-order valence-electron chi connectivity index (χ0n) is 14.4. The lowest BCUT2D eigenvalue weighted by molar-refractivity contribution is -0.00912. The zero-order valence-corrected chi connectivity index (χ0v) is 14.4. The van der Waals surface area contributed by atoms with E-state index in [2.05, 4.69) is 34.3 Å². The fourth-order valence-corrected chi connectivity index (χ4v) is 2.63. The molecule has 2 rings (SSSR count). The van der Waals surface area contributed by atoms with Crippen molar-refractivity contribution in [2.45, 2.75) is 46.5 Å². The predicted molar refractivity (Wildman–Crippen MR) is 92.0 cm³/mol. The van der Waals surface area contributed by atoms with Gasteiger partial charge in [0.25, 0.3) is 5.91 Å². The van der Waals surface area contributed by atoms with Crippen molar-refractivity contribution < 1.29 is 4.79 Å². The molecule has 0 bridgehead atoms. The molecule has 0 atom stereocenters. The van der Waals surface area contributed by atoms with E-state index in [1.165, 1.54) is 0 Å². The smallest absolute Gasteiger partial charge is 0.268 e. The maximum Gasteiger partial charge on any atom is 0.268 e. The van der Waals surface area contributed by atoms with E-state index in [-0.39, 0.29) is 5.91 Å². The van der Waals surface area contributed by atoms with Crippen LogP contribution in [0.15, 0.2) is 18.2 Å². The van der Waals surface area contributed by atoms with Crippen molar-refractivity contribution in [2.24, 2.45) is 0 Å². The van der Waals surface area contributed by atoms with Crippen LogP contribution in [0.4, 0.5) is 0 Å². The maximum atomic E-state index is 12.9. The van der Waals surface area contributed by atoms with Crippen LogP contribution in [0.3, 0.4) is 0 Å². The van der Waals surface area contributed by atoms with Crippen LogP contribution in [0, 0.1) is 0 Å². The third-order valence-corrected chi connectivity index (χ3v) is 3.99. The molecule has 1 N–H and O–H groups in total. The Labute approximate surface area is 137 Å². The number of benzene rings is 1. The van der Waals surface area contributed by atoms with Gasteiger partial charge in [0.2, 0.25) is 0 Å². The molecular weight excluding hydrogens is 290 g/mol. The van der Waals surface area contributed by atoms with E-state index in [0.29, 0.717) is 12.1 Å². The summed E-state index contributed by atoms with van der Waals surface area (Å²) < 4.78 is 0. The summed E-state index contributed by atoms with van der Waals surface area (Å²) in [5, 5.41) is 14.6. The van der Waals surface area contributed by atoms with Gasteiger partial charge in [-0.25, -0.2) is 5.01 Å². The lowest BCUT2D eigenvalue weighted by atomic mass is 10.2. The number of hydrogen-bond acceptors (Lipinski definition) is 4. The Hall–Kier alpha value is -1.95. The molecule has 6 heteroatoms. The number of nitrogens with one attached hydrogen (secondary N) is 1. The van der Waals surface area contributed by atoms with Gasteiger partial charge in [0, 0.05) is 25.2 Å². The first-order valence-electron chi connectivity index (χ1n) is 8.58. The standard InChI is InChI=1S/C17H27N5O/c1-4-7-11-21(12-8-5-2)22(6-3)17(23)14-9-10-15-16(13-14)19-20-18-15/h9-10,13H,4-8,11-12H2,1-3H3,(H,18,19,20). The molecule has 0 saturated heterocycles. The van der Waals surface area contributed by atoms with Gasteiger partial charge in [-0.2, -0.15) is 0 Å². The molecule has 2 aromatic rings. The Kier molecular flexibility index (Phi) is 6.52. The fourth-order valence-electron chi connectivity index (χ4n) is 2.63. The summed E-state index contributed by atoms with van der Waals surface area (Å²) in [5.74, 6) is 0.0320. The fraction of sp³-hybridized carbons (Fsp3) is 0.588. The minimum Gasteiger partial charge on any atom is -0.272 e. The first-order chi connectivity index (χ1) is 11.2. The first kappa shape index (κ1) is 17.4. The number of amides is 1. The molecule has 0 radical (unpaired) electrons. The van der Waals surface area contributed by atoms with Gasteiger partial charge in [0.1, 0.15) is 5.52 Å². The quantitative estimate of drug-likeness (QED) is 0.721. The number of hydrogen-bond donors (Lipinski definition) is 1. The lowest BCUT2D eigenvalue weighted by Crippen LogP contribution is -2.47. The van der Waals surface area contributed by atoms with Crippen molar-refractivity contribution in [1.29, 1.82) is 0 Å². The molecule has 1 heterocycles. The maximum absolute atomic E-state index is 12.9. The van der Waals surface area contributed by atoms with Crippen LogP contribution < -0.4 is 0 Å². The van der Waals surface area contributed by atoms with Gasteiger partial charge in [-0.05, 0) is 38.0 Å². The number of carbonyl (C=O) groups is 1. The molecule has 0 aliphatic carbocycles. The Balaban J connectivity index is 2.19. The predicted octanol–water partition coefficient (Wildman–Crippen LogP) is 3.24. The number of hydrazine groups is 1. The average Bonchev–Trinajstić information content (AvgIpc) is 3.04. The van der Waals surface area contributed by atoms with Gasteiger partial charge >= 0.3 is 0 Å². The largest absolute Gasteiger partial charge is 0.272 e. The normalized spacial score (nSPS) is 11.3. The average molecular weight is 317 g/mol. The second-order valence-corrected chi connectivity index (χ2v) is 5.73. The van der Waals surface area contributed by atoms with Gasteiger partial charge in [-0.3, -0.25) is 14.9 Å². The molecule has 0 unspecified atom stereocenters. The van der Waals surface area contributed by atoms with E-state index < -0.39 is 0 Å². The highest BCUT2D eigenvalue weighted by Gasteiger charge is 2.21. The molecule has 1 aromatic carbocycles. The van der Waals surface area contributed by atoms with Crippen LogP contribution in [0.2, 0.25) is 0 Å². The van der Waals surface area contributed by atoms with Crippen LogP contribution >= 0.6 is 0 Å². The summed E-state index contributed by atoms with van der Waals surface area (Å²) in [6.45, 7) is 8.88. The van der Waals surface area contributed by atoms with Gasteiger partial charge in [0.15, 0.2) is 0 Å². The van der Waals surface area contributed by atoms with Gasteiger partial charge in [-0.1, -0.05) is 31.9 Å². The van der Waals surface area contributed by atoms with E-state index in [0.717, 1.165) is 49.8 Å². The van der Waals surface area contributed by atoms with Crippen molar-refractivity contribution in [2.75, 3.05) is 19.6 Å². The molecule has 0 fully saturated rings. The Morgan fingerprint density at radius 2 is 1.83 bits per heavy atom. The third kappa shape index (κ3) is 4.28. The van der Waals surface area contributed by atoms with E-state index in [1.807, 2.05) is 30.1 Å². The number of aromatic nitrogens is 3. The molecule has 0 aliphatic heterocycles. The van der Waals surface area contributed by atoms with Crippen molar-refractivity contribution >= 4 is 16.9 Å². The number of carbonyl (C=O) groups excluding carboxylic acids is 1. The van der Waals surface area contributed by atoms with Crippen molar-refractivity contribution in [3.63, 3.8) is 0 Å². The van der Waals surface area contributed by atoms with Gasteiger partial charge in [0.05, 0.1) is 5.52 Å². The van der Waals surface area contributed by atoms with Gasteiger partial charge in [-0.15, -0.1) is 5.10 Å². The van der Waals surface area contributed by atoms with E-state index >= 15 is 0 Å². The number of rotatable bonds is 9. The molecule has 0 aliphatic rings. The molecule has 1 amide bonds. The van der Waals surface area contributed by atoms with E-state index in [1.54, 1.807) is 0 Å². The number of fused-ring (bicyclic) bond motifs is 1. The third-order valence-electron chi connectivity index (χ3n) is 3.99. The lowest BCUT2D eigenvalue weighted by Gasteiger charge is -2.34. The van der Waals surface area contributed by atoms with E-state index in [4.69, 9.17) is 0 Å². The Bertz CT molecular complexity index is 616. The second kappa shape index (κ2) is 8.62.